The number of ether oxygens (including phenoxy) is 1. The molecular formula is C10H12N4O2. The molecule has 2 N–H and O–H groups in total. The molecule has 0 spiro atoms. The van der Waals surface area contributed by atoms with Crippen molar-refractivity contribution in [2.75, 3.05) is 7.11 Å². The molecule has 0 aliphatic rings. The summed E-state index contributed by atoms with van der Waals surface area (Å²) >= 11 is 0. The van der Waals surface area contributed by atoms with E-state index in [1.165, 1.54) is 13.3 Å². The van der Waals surface area contributed by atoms with E-state index in [4.69, 9.17) is 10.5 Å². The van der Waals surface area contributed by atoms with E-state index in [1.807, 2.05) is 0 Å². The molecule has 6 nitrogen and oxygen atoms in total. The zero-order valence-electron chi connectivity index (χ0n) is 9.04. The third kappa shape index (κ3) is 1.74. The second-order valence-electron chi connectivity index (χ2n) is 3.47. The van der Waals surface area contributed by atoms with E-state index in [-0.39, 0.29) is 5.78 Å². The molecule has 0 saturated carbocycles. The van der Waals surface area contributed by atoms with Crippen LogP contribution in [0.25, 0.3) is 5.65 Å². The molecular weight excluding hydrogens is 208 g/mol. The number of carbonyl (C=O) groups is 1. The summed E-state index contributed by atoms with van der Waals surface area (Å²) in [5.41, 5.74) is 6.43. The Labute approximate surface area is 92.1 Å². The molecule has 0 aromatic carbocycles. The molecule has 0 aliphatic carbocycles. The lowest BCUT2D eigenvalue weighted by atomic mass is 10.2. The van der Waals surface area contributed by atoms with Gasteiger partial charge in [-0.3, -0.25) is 9.20 Å². The zero-order valence-corrected chi connectivity index (χ0v) is 9.04. The van der Waals surface area contributed by atoms with E-state index < -0.39 is 6.04 Å². The van der Waals surface area contributed by atoms with Gasteiger partial charge in [0.1, 0.15) is 5.69 Å². The summed E-state index contributed by atoms with van der Waals surface area (Å²) in [5, 5.41) is 0. The summed E-state index contributed by atoms with van der Waals surface area (Å²) in [7, 11) is 1.53. The van der Waals surface area contributed by atoms with Gasteiger partial charge in [0, 0.05) is 6.20 Å². The molecule has 0 fully saturated rings. The van der Waals surface area contributed by atoms with Crippen LogP contribution in [0.15, 0.2) is 18.6 Å². The molecule has 0 amide bonds. The number of hydrogen-bond donors (Lipinski definition) is 1. The number of rotatable bonds is 3. The molecule has 16 heavy (non-hydrogen) atoms. The van der Waals surface area contributed by atoms with E-state index in [2.05, 4.69) is 9.97 Å². The van der Waals surface area contributed by atoms with Gasteiger partial charge in [0.2, 0.25) is 5.88 Å². The van der Waals surface area contributed by atoms with Crippen LogP contribution < -0.4 is 10.5 Å². The number of imidazole rings is 1. The Morgan fingerprint density at radius 1 is 1.56 bits per heavy atom. The minimum Gasteiger partial charge on any atom is -0.480 e. The van der Waals surface area contributed by atoms with Crippen molar-refractivity contribution in [1.82, 2.24) is 14.4 Å². The van der Waals surface area contributed by atoms with Crippen LogP contribution in [0.2, 0.25) is 0 Å². The molecule has 2 heterocycles. The minimum absolute atomic E-state index is 0.192. The summed E-state index contributed by atoms with van der Waals surface area (Å²) in [4.78, 5) is 19.7. The second-order valence-corrected chi connectivity index (χ2v) is 3.47. The molecule has 0 aliphatic heterocycles. The van der Waals surface area contributed by atoms with Crippen molar-refractivity contribution in [3.8, 4) is 5.88 Å². The fourth-order valence-electron chi connectivity index (χ4n) is 1.34. The Morgan fingerprint density at radius 2 is 2.31 bits per heavy atom. The number of Topliss-reactive ketones (excluding diaryl/α,β-unsaturated/α-hetero) is 1. The number of carbonyl (C=O) groups excluding carboxylic acids is 1. The first kappa shape index (κ1) is 10.6. The Hall–Kier alpha value is -1.95. The lowest BCUT2D eigenvalue weighted by Gasteiger charge is -1.98. The SMILES string of the molecule is COc1cn2cc(C(=O)C(C)N)nc2cn1. The first-order valence-corrected chi connectivity index (χ1v) is 4.80. The number of ketones is 1. The normalized spacial score (nSPS) is 12.7. The minimum atomic E-state index is -0.556. The first-order chi connectivity index (χ1) is 7.61. The zero-order chi connectivity index (χ0) is 11.7. The summed E-state index contributed by atoms with van der Waals surface area (Å²) in [6.45, 7) is 1.63. The predicted octanol–water partition coefficient (Wildman–Crippen LogP) is 0.268. The molecule has 0 radical (unpaired) electrons. The smallest absolute Gasteiger partial charge is 0.230 e. The number of nitrogens with zero attached hydrogens (tertiary/aromatic N) is 3. The average molecular weight is 220 g/mol. The fraction of sp³-hybridized carbons (Fsp3) is 0.300. The summed E-state index contributed by atoms with van der Waals surface area (Å²) < 4.78 is 6.65. The van der Waals surface area contributed by atoms with E-state index in [0.717, 1.165) is 0 Å². The highest BCUT2D eigenvalue weighted by Crippen LogP contribution is 2.10. The van der Waals surface area contributed by atoms with Gasteiger partial charge >= 0.3 is 0 Å². The van der Waals surface area contributed by atoms with Gasteiger partial charge in [0.05, 0.1) is 25.5 Å². The molecule has 2 aromatic rings. The monoisotopic (exact) mass is 220 g/mol. The van der Waals surface area contributed by atoms with Crippen molar-refractivity contribution < 1.29 is 9.53 Å². The highest BCUT2D eigenvalue weighted by atomic mass is 16.5. The average Bonchev–Trinajstić information content (AvgIpc) is 2.69. The van der Waals surface area contributed by atoms with Crippen molar-refractivity contribution in [1.29, 1.82) is 0 Å². The highest BCUT2D eigenvalue weighted by Gasteiger charge is 2.14. The Morgan fingerprint density at radius 3 is 2.94 bits per heavy atom. The van der Waals surface area contributed by atoms with Crippen LogP contribution >= 0.6 is 0 Å². The van der Waals surface area contributed by atoms with Crippen molar-refractivity contribution in [2.45, 2.75) is 13.0 Å². The Bertz CT molecular complexity index is 533. The van der Waals surface area contributed by atoms with Crippen LogP contribution in [0.3, 0.4) is 0 Å². The van der Waals surface area contributed by atoms with E-state index in [1.54, 1.807) is 23.7 Å². The van der Waals surface area contributed by atoms with Gasteiger partial charge in [-0.1, -0.05) is 0 Å². The molecule has 84 valence electrons. The van der Waals surface area contributed by atoms with Gasteiger partial charge in [-0.2, -0.15) is 0 Å². The van der Waals surface area contributed by atoms with Crippen LogP contribution in [-0.4, -0.2) is 33.3 Å². The van der Waals surface area contributed by atoms with Gasteiger partial charge in [-0.25, -0.2) is 9.97 Å². The van der Waals surface area contributed by atoms with Crippen molar-refractivity contribution in [3.63, 3.8) is 0 Å². The molecule has 0 saturated heterocycles. The Balaban J connectivity index is 2.47. The van der Waals surface area contributed by atoms with Gasteiger partial charge in [-0.05, 0) is 6.92 Å². The first-order valence-electron chi connectivity index (χ1n) is 4.80. The number of nitrogens with two attached hydrogens (primary N) is 1. The van der Waals surface area contributed by atoms with Crippen LogP contribution in [0, 0.1) is 0 Å². The molecule has 2 rings (SSSR count). The van der Waals surface area contributed by atoms with Gasteiger partial charge in [0.25, 0.3) is 0 Å². The number of aromatic nitrogens is 3. The third-order valence-electron chi connectivity index (χ3n) is 2.19. The molecule has 2 aromatic heterocycles. The summed E-state index contributed by atoms with van der Waals surface area (Å²) in [6.07, 6.45) is 4.81. The van der Waals surface area contributed by atoms with Crippen LogP contribution in [-0.2, 0) is 0 Å². The number of hydrogen-bond acceptors (Lipinski definition) is 5. The lowest BCUT2D eigenvalue weighted by Crippen LogP contribution is -2.26. The third-order valence-corrected chi connectivity index (χ3v) is 2.19. The maximum atomic E-state index is 11.6. The van der Waals surface area contributed by atoms with Gasteiger partial charge in [-0.15, -0.1) is 0 Å². The molecule has 1 atom stereocenters. The van der Waals surface area contributed by atoms with Crippen LogP contribution in [0.4, 0.5) is 0 Å². The van der Waals surface area contributed by atoms with E-state index >= 15 is 0 Å². The highest BCUT2D eigenvalue weighted by molar-refractivity contribution is 5.98. The standard InChI is InChI=1S/C10H12N4O2/c1-6(11)10(15)7-4-14-5-9(16-2)12-3-8(14)13-7/h3-6H,11H2,1-2H3. The van der Waals surface area contributed by atoms with Crippen molar-refractivity contribution >= 4 is 11.4 Å². The predicted molar refractivity (Wildman–Crippen MR) is 57.5 cm³/mol. The van der Waals surface area contributed by atoms with Gasteiger partial charge < -0.3 is 10.5 Å². The fourth-order valence-corrected chi connectivity index (χ4v) is 1.34. The van der Waals surface area contributed by atoms with E-state index in [0.29, 0.717) is 17.2 Å². The molecule has 6 heteroatoms. The maximum Gasteiger partial charge on any atom is 0.230 e. The van der Waals surface area contributed by atoms with Crippen LogP contribution in [0.5, 0.6) is 5.88 Å². The topological polar surface area (TPSA) is 82.5 Å². The largest absolute Gasteiger partial charge is 0.480 e. The second kappa shape index (κ2) is 3.90. The summed E-state index contributed by atoms with van der Waals surface area (Å²) in [6, 6.07) is -0.556. The van der Waals surface area contributed by atoms with Crippen LogP contribution in [0.1, 0.15) is 17.4 Å². The van der Waals surface area contributed by atoms with Crippen molar-refractivity contribution in [2.24, 2.45) is 5.73 Å². The quantitative estimate of drug-likeness (QED) is 0.750. The number of fused-ring (bicyclic) bond motifs is 1. The summed E-state index contributed by atoms with van der Waals surface area (Å²) in [5.74, 6) is 0.271. The van der Waals surface area contributed by atoms with Gasteiger partial charge in [0.15, 0.2) is 11.4 Å². The van der Waals surface area contributed by atoms with Crippen molar-refractivity contribution in [3.05, 3.63) is 24.3 Å². The lowest BCUT2D eigenvalue weighted by molar-refractivity contribution is 0.0963. The Kier molecular flexibility index (Phi) is 2.57. The molecule has 0 bridgehead atoms. The maximum absolute atomic E-state index is 11.6. The number of methoxy groups -OCH3 is 1. The molecule has 1 unspecified atom stereocenters. The van der Waals surface area contributed by atoms with E-state index in [9.17, 15) is 4.79 Å².